The van der Waals surface area contributed by atoms with Crippen LogP contribution in [-0.4, -0.2) is 86.7 Å². The maximum Gasteiger partial charge on any atom is 0.410 e. The minimum atomic E-state index is -0.570. The molecule has 15 heteroatoms. The first-order valence-electron chi connectivity index (χ1n) is 17.9. The molecule has 2 saturated heterocycles. The van der Waals surface area contributed by atoms with Crippen molar-refractivity contribution in [3.63, 3.8) is 0 Å². The second-order valence-electron chi connectivity index (χ2n) is 14.1. The Balaban J connectivity index is 0.000000294. The van der Waals surface area contributed by atoms with Crippen LogP contribution in [0.2, 0.25) is 10.0 Å². The summed E-state index contributed by atoms with van der Waals surface area (Å²) >= 11 is 11.8. The Bertz CT molecular complexity index is 1780. The number of amides is 5. The fourth-order valence-electron chi connectivity index (χ4n) is 6.31. The first kappa shape index (κ1) is 45.1. The number of rotatable bonds is 6. The van der Waals surface area contributed by atoms with E-state index in [1.165, 1.54) is 5.56 Å². The molecule has 0 spiro atoms. The Morgan fingerprint density at radius 2 is 1.20 bits per heavy atom. The van der Waals surface area contributed by atoms with Crippen molar-refractivity contribution in [1.29, 1.82) is 0 Å². The van der Waals surface area contributed by atoms with Crippen LogP contribution in [0.4, 0.5) is 25.8 Å². The van der Waals surface area contributed by atoms with Gasteiger partial charge in [0.05, 0.1) is 6.04 Å². The number of anilines is 2. The Morgan fingerprint density at radius 1 is 0.709 bits per heavy atom. The number of piperidine rings is 1. The number of benzene rings is 2. The Kier molecular flexibility index (Phi) is 17.8. The lowest BCUT2D eigenvalue weighted by atomic mass is 9.96. The molecule has 2 aromatic heterocycles. The molecule has 2 aliphatic rings. The second-order valence-corrected chi connectivity index (χ2v) is 15.0. The number of carbonyl (C=O) groups excluding carboxylic acids is 3. The summed E-state index contributed by atoms with van der Waals surface area (Å²) in [4.78, 5) is 51.9. The average Bonchev–Trinajstić information content (AvgIpc) is 3.14. The fraction of sp³-hybridized carbons (Fsp3) is 0.375. The van der Waals surface area contributed by atoms with Crippen molar-refractivity contribution < 1.29 is 19.1 Å². The van der Waals surface area contributed by atoms with Gasteiger partial charge < -0.3 is 30.1 Å². The number of likely N-dealkylation sites (tertiary alicyclic amines) is 1. The minimum Gasteiger partial charge on any atom is -0.444 e. The monoisotopic (exact) mass is 831 g/mol. The molecule has 2 fully saturated rings. The highest BCUT2D eigenvalue weighted by Crippen LogP contribution is 2.23. The summed E-state index contributed by atoms with van der Waals surface area (Å²) in [6, 6.07) is 21.8. The van der Waals surface area contributed by atoms with Crippen LogP contribution in [0.5, 0.6) is 0 Å². The van der Waals surface area contributed by atoms with Crippen molar-refractivity contribution >= 4 is 77.5 Å². The molecule has 2 aliphatic heterocycles. The third-order valence-electron chi connectivity index (χ3n) is 8.86. The topological polar surface area (TPSA) is 120 Å². The van der Waals surface area contributed by atoms with E-state index in [9.17, 15) is 14.4 Å². The van der Waals surface area contributed by atoms with E-state index in [4.69, 9.17) is 27.9 Å². The lowest BCUT2D eigenvalue weighted by molar-refractivity contribution is 0.00976. The van der Waals surface area contributed by atoms with Gasteiger partial charge in [0.15, 0.2) is 0 Å². The lowest BCUT2D eigenvalue weighted by Gasteiger charge is -2.41. The van der Waals surface area contributed by atoms with Gasteiger partial charge in [-0.05, 0) is 125 Å². The number of hydrogen-bond acceptors (Lipinski definition) is 6. The van der Waals surface area contributed by atoms with Gasteiger partial charge in [0, 0.05) is 78.4 Å². The van der Waals surface area contributed by atoms with E-state index in [2.05, 4.69) is 26.7 Å². The number of halogens is 4. The molecule has 11 nitrogen and oxygen atoms in total. The minimum absolute atomic E-state index is 0. The van der Waals surface area contributed by atoms with E-state index < -0.39 is 5.60 Å². The van der Waals surface area contributed by atoms with Gasteiger partial charge in [0.25, 0.3) is 0 Å². The smallest absolute Gasteiger partial charge is 0.410 e. The molecular formula is C40H49Cl4N7O4. The summed E-state index contributed by atoms with van der Waals surface area (Å²) in [6.07, 6.45) is 11.5. The summed E-state index contributed by atoms with van der Waals surface area (Å²) in [5.74, 6) is 0. The van der Waals surface area contributed by atoms with Gasteiger partial charge >= 0.3 is 18.2 Å². The van der Waals surface area contributed by atoms with Gasteiger partial charge in [-0.15, -0.1) is 24.8 Å². The maximum absolute atomic E-state index is 13.0. The van der Waals surface area contributed by atoms with Crippen LogP contribution in [0.3, 0.4) is 0 Å². The van der Waals surface area contributed by atoms with Crippen LogP contribution >= 0.6 is 48.0 Å². The first-order chi connectivity index (χ1) is 25.4. The summed E-state index contributed by atoms with van der Waals surface area (Å²) in [6.45, 7) is 7.52. The highest BCUT2D eigenvalue weighted by atomic mass is 35.5. The van der Waals surface area contributed by atoms with E-state index in [1.54, 1.807) is 64.8 Å². The third-order valence-corrected chi connectivity index (χ3v) is 9.37. The molecule has 4 aromatic rings. The van der Waals surface area contributed by atoms with Gasteiger partial charge in [-0.3, -0.25) is 9.97 Å². The van der Waals surface area contributed by atoms with Gasteiger partial charge in [0.2, 0.25) is 0 Å². The van der Waals surface area contributed by atoms with Crippen molar-refractivity contribution in [1.82, 2.24) is 24.7 Å². The van der Waals surface area contributed by atoms with Crippen LogP contribution in [0.15, 0.2) is 97.6 Å². The molecule has 2 atom stereocenters. The fourth-order valence-corrected chi connectivity index (χ4v) is 6.56. The van der Waals surface area contributed by atoms with Crippen LogP contribution in [0.1, 0.15) is 51.2 Å². The normalized spacial score (nSPS) is 16.6. The maximum atomic E-state index is 13.0. The van der Waals surface area contributed by atoms with Gasteiger partial charge in [-0.25, -0.2) is 14.4 Å². The van der Waals surface area contributed by atoms with Gasteiger partial charge in [-0.2, -0.15) is 0 Å². The molecule has 0 radical (unpaired) electrons. The van der Waals surface area contributed by atoms with Gasteiger partial charge in [-0.1, -0.05) is 35.3 Å². The van der Waals surface area contributed by atoms with Crippen LogP contribution < -0.4 is 10.6 Å². The Morgan fingerprint density at radius 3 is 1.67 bits per heavy atom. The van der Waals surface area contributed by atoms with Crippen molar-refractivity contribution in [2.75, 3.05) is 36.8 Å². The van der Waals surface area contributed by atoms with Crippen LogP contribution in [0.25, 0.3) is 0 Å². The molecule has 296 valence electrons. The molecule has 0 saturated carbocycles. The van der Waals surface area contributed by atoms with E-state index in [0.29, 0.717) is 41.8 Å². The molecule has 0 aliphatic carbocycles. The lowest BCUT2D eigenvalue weighted by Crippen LogP contribution is -2.58. The highest BCUT2D eigenvalue weighted by Gasteiger charge is 2.34. The zero-order valence-corrected chi connectivity index (χ0v) is 34.3. The standard InChI is InChI=1S/C22H27ClN4O3.C18H20ClN3O.2ClH/c1-22(2,3)30-21(29)26-11-12-27(19(15-26)13-16-5-4-10-24-14-16)20(28)25-18-8-6-17(23)7-9-18;19-15-6-8-16(9-7-15)21-18(23)22-11-2-1-5-17(22)12-14-4-3-10-20-13-14;;/h4-10,14,19H,11-13,15H2,1-3H3,(H,25,28);3-4,6-10,13,17H,1-2,5,11-12H2,(H,21,23);2*1H. The van der Waals surface area contributed by atoms with E-state index in [1.807, 2.05) is 62.2 Å². The summed E-state index contributed by atoms with van der Waals surface area (Å²) < 4.78 is 5.52. The molecule has 2 unspecified atom stereocenters. The molecule has 5 amide bonds. The van der Waals surface area contributed by atoms with Gasteiger partial charge in [0.1, 0.15) is 5.60 Å². The molecule has 2 N–H and O–H groups in total. The predicted molar refractivity (Wildman–Crippen MR) is 224 cm³/mol. The first-order valence-corrected chi connectivity index (χ1v) is 18.6. The number of aromatic nitrogens is 2. The van der Waals surface area contributed by atoms with Crippen molar-refractivity contribution in [2.45, 2.75) is 70.6 Å². The van der Waals surface area contributed by atoms with E-state index >= 15 is 0 Å². The number of pyridine rings is 2. The summed E-state index contributed by atoms with van der Waals surface area (Å²) in [5, 5.41) is 7.15. The number of carbonyl (C=O) groups is 3. The zero-order chi connectivity index (χ0) is 37.8. The van der Waals surface area contributed by atoms with Crippen LogP contribution in [-0.2, 0) is 17.6 Å². The molecule has 2 aromatic carbocycles. The molecule has 55 heavy (non-hydrogen) atoms. The quantitative estimate of drug-likeness (QED) is 0.200. The molecule has 0 bridgehead atoms. The van der Waals surface area contributed by atoms with Crippen molar-refractivity contribution in [2.24, 2.45) is 0 Å². The van der Waals surface area contributed by atoms with Crippen molar-refractivity contribution in [3.05, 3.63) is 119 Å². The SMILES string of the molecule is CC(C)(C)OC(=O)N1CCN(C(=O)Nc2ccc(Cl)cc2)C(Cc2cccnc2)C1.Cl.Cl.O=C(Nc1ccc(Cl)cc1)N1CCCCC1Cc1cccnc1. The van der Waals surface area contributed by atoms with Crippen LogP contribution in [0, 0.1) is 0 Å². The largest absolute Gasteiger partial charge is 0.444 e. The Labute approximate surface area is 345 Å². The number of hydrogen-bond donors (Lipinski definition) is 2. The molecular weight excluding hydrogens is 784 g/mol. The molecule has 4 heterocycles. The van der Waals surface area contributed by atoms with Crippen molar-refractivity contribution in [3.8, 4) is 0 Å². The zero-order valence-electron chi connectivity index (χ0n) is 31.2. The third kappa shape index (κ3) is 14.4. The van der Waals surface area contributed by atoms with E-state index in [0.717, 1.165) is 43.5 Å². The number of nitrogens with one attached hydrogen (secondary N) is 2. The highest BCUT2D eigenvalue weighted by molar-refractivity contribution is 6.31. The average molecular weight is 834 g/mol. The Hall–Kier alpha value is -4.29. The number of nitrogens with zero attached hydrogens (tertiary/aromatic N) is 5. The predicted octanol–water partition coefficient (Wildman–Crippen LogP) is 9.64. The molecule has 6 rings (SSSR count). The second kappa shape index (κ2) is 21.7. The number of piperazine rings is 1. The number of urea groups is 2. The summed E-state index contributed by atoms with van der Waals surface area (Å²) in [5.41, 5.74) is 3.03. The number of ether oxygens (including phenoxy) is 1. The van der Waals surface area contributed by atoms with E-state index in [-0.39, 0.29) is 55.1 Å². The summed E-state index contributed by atoms with van der Waals surface area (Å²) in [7, 11) is 0.